The van der Waals surface area contributed by atoms with Crippen molar-refractivity contribution < 1.29 is 9.53 Å². The number of rotatable bonds is 12. The Morgan fingerprint density at radius 2 is 1.73 bits per heavy atom. The third kappa shape index (κ3) is 10.6. The van der Waals surface area contributed by atoms with Crippen molar-refractivity contribution >= 4 is 8.32 Å². The van der Waals surface area contributed by atoms with Crippen molar-refractivity contribution in [3.05, 3.63) is 12.2 Å². The molecule has 0 saturated heterocycles. The van der Waals surface area contributed by atoms with Crippen molar-refractivity contribution in [2.45, 2.75) is 103 Å². The van der Waals surface area contributed by atoms with Crippen LogP contribution in [0.15, 0.2) is 12.2 Å². The summed E-state index contributed by atoms with van der Waals surface area (Å²) < 4.78 is 6.16. The van der Waals surface area contributed by atoms with E-state index in [4.69, 9.17) is 4.43 Å². The molecule has 1 atom stereocenters. The van der Waals surface area contributed by atoms with Gasteiger partial charge in [0.05, 0.1) is 6.10 Å². The molecule has 0 aromatic heterocycles. The summed E-state index contributed by atoms with van der Waals surface area (Å²) in [5.74, 6) is 0. The standard InChI is InChI=1S/C19H40O2Si/c1-7-8-9-12-15-18(20)16-13-10-11-14-17-21-22(5,6)19(2,3)4/h13,16,18,20H,7-12,14-15,17H2,1-6H3/b16-13+/t18-/m1/s1. The molecule has 0 aliphatic heterocycles. The third-order valence-electron chi connectivity index (χ3n) is 4.75. The largest absolute Gasteiger partial charge is 0.417 e. The van der Waals surface area contributed by atoms with Crippen LogP contribution in [0.1, 0.15) is 79.1 Å². The van der Waals surface area contributed by atoms with Crippen molar-refractivity contribution in [2.75, 3.05) is 6.61 Å². The van der Waals surface area contributed by atoms with Gasteiger partial charge in [-0.2, -0.15) is 0 Å². The van der Waals surface area contributed by atoms with Crippen LogP contribution >= 0.6 is 0 Å². The molecular formula is C19H40O2Si. The van der Waals surface area contributed by atoms with E-state index in [0.717, 1.165) is 38.7 Å². The number of allylic oxidation sites excluding steroid dienone is 1. The van der Waals surface area contributed by atoms with Gasteiger partial charge in [-0.15, -0.1) is 0 Å². The fraction of sp³-hybridized carbons (Fsp3) is 0.895. The molecule has 3 heteroatoms. The number of hydrogen-bond donors (Lipinski definition) is 1. The minimum absolute atomic E-state index is 0.250. The van der Waals surface area contributed by atoms with Gasteiger partial charge in [-0.05, 0) is 43.8 Å². The van der Waals surface area contributed by atoms with Crippen molar-refractivity contribution in [2.24, 2.45) is 0 Å². The lowest BCUT2D eigenvalue weighted by Gasteiger charge is -2.36. The van der Waals surface area contributed by atoms with E-state index in [9.17, 15) is 5.11 Å². The Hall–Kier alpha value is -0.123. The van der Waals surface area contributed by atoms with Gasteiger partial charge in [-0.3, -0.25) is 0 Å². The summed E-state index contributed by atoms with van der Waals surface area (Å²) in [4.78, 5) is 0. The van der Waals surface area contributed by atoms with Gasteiger partial charge in [0, 0.05) is 6.61 Å². The average Bonchev–Trinajstić information content (AvgIpc) is 2.41. The molecule has 0 radical (unpaired) electrons. The molecule has 22 heavy (non-hydrogen) atoms. The third-order valence-corrected chi connectivity index (χ3v) is 9.28. The van der Waals surface area contributed by atoms with Gasteiger partial charge in [0.15, 0.2) is 8.32 Å². The second-order valence-electron chi connectivity index (χ2n) is 7.95. The predicted molar refractivity (Wildman–Crippen MR) is 101 cm³/mol. The van der Waals surface area contributed by atoms with Crippen molar-refractivity contribution in [3.63, 3.8) is 0 Å². The van der Waals surface area contributed by atoms with Crippen molar-refractivity contribution in [1.82, 2.24) is 0 Å². The number of aliphatic hydroxyl groups excluding tert-OH is 1. The molecule has 132 valence electrons. The lowest BCUT2D eigenvalue weighted by Crippen LogP contribution is -2.40. The highest BCUT2D eigenvalue weighted by Crippen LogP contribution is 2.36. The summed E-state index contributed by atoms with van der Waals surface area (Å²) in [5, 5.41) is 10.1. The van der Waals surface area contributed by atoms with Gasteiger partial charge in [0.25, 0.3) is 0 Å². The molecule has 0 saturated carbocycles. The molecule has 0 bridgehead atoms. The molecule has 0 spiro atoms. The van der Waals surface area contributed by atoms with E-state index in [1.807, 2.05) is 6.08 Å². The summed E-state index contributed by atoms with van der Waals surface area (Å²) in [6, 6.07) is 0. The molecule has 2 nitrogen and oxygen atoms in total. The maximum absolute atomic E-state index is 9.84. The van der Waals surface area contributed by atoms with E-state index in [1.54, 1.807) is 0 Å². The van der Waals surface area contributed by atoms with E-state index in [1.165, 1.54) is 19.3 Å². The van der Waals surface area contributed by atoms with Crippen LogP contribution in [-0.2, 0) is 4.43 Å². The molecule has 0 aromatic carbocycles. The first-order valence-corrected chi connectivity index (χ1v) is 12.1. The molecule has 0 amide bonds. The van der Waals surface area contributed by atoms with Crippen LogP contribution in [0.3, 0.4) is 0 Å². The van der Waals surface area contributed by atoms with E-state index in [2.05, 4.69) is 46.9 Å². The Bertz CT molecular complexity index is 292. The van der Waals surface area contributed by atoms with E-state index >= 15 is 0 Å². The van der Waals surface area contributed by atoms with Crippen LogP contribution in [0.25, 0.3) is 0 Å². The van der Waals surface area contributed by atoms with Gasteiger partial charge in [-0.25, -0.2) is 0 Å². The zero-order valence-corrected chi connectivity index (χ0v) is 17.0. The molecule has 0 unspecified atom stereocenters. The second kappa shape index (κ2) is 11.4. The summed E-state index contributed by atoms with van der Waals surface area (Å²) in [6.45, 7) is 14.6. The van der Waals surface area contributed by atoms with Gasteiger partial charge in [0.2, 0.25) is 0 Å². The monoisotopic (exact) mass is 328 g/mol. The van der Waals surface area contributed by atoms with Crippen molar-refractivity contribution in [1.29, 1.82) is 0 Å². The fourth-order valence-corrected chi connectivity index (χ4v) is 3.13. The summed E-state index contributed by atoms with van der Waals surface area (Å²) in [7, 11) is -1.57. The number of aliphatic hydroxyl groups is 1. The zero-order valence-electron chi connectivity index (χ0n) is 16.0. The van der Waals surface area contributed by atoms with E-state index in [-0.39, 0.29) is 6.10 Å². The Morgan fingerprint density at radius 1 is 1.05 bits per heavy atom. The SMILES string of the molecule is CCCCCC[C@@H](O)/C=C/CCCCO[Si](C)(C)C(C)(C)C. The van der Waals surface area contributed by atoms with Gasteiger partial charge in [-0.1, -0.05) is 65.5 Å². The summed E-state index contributed by atoms with van der Waals surface area (Å²) >= 11 is 0. The first kappa shape index (κ1) is 21.9. The molecule has 0 rings (SSSR count). The maximum atomic E-state index is 9.84. The van der Waals surface area contributed by atoms with Crippen LogP contribution in [0.2, 0.25) is 18.1 Å². The molecule has 1 N–H and O–H groups in total. The van der Waals surface area contributed by atoms with Gasteiger partial charge >= 0.3 is 0 Å². The molecule has 0 fully saturated rings. The molecule has 0 aromatic rings. The fourth-order valence-electron chi connectivity index (χ4n) is 2.04. The van der Waals surface area contributed by atoms with Crippen LogP contribution in [0.4, 0.5) is 0 Å². The van der Waals surface area contributed by atoms with E-state index in [0.29, 0.717) is 5.04 Å². The minimum Gasteiger partial charge on any atom is -0.417 e. The quantitative estimate of drug-likeness (QED) is 0.268. The Labute approximate surface area is 140 Å². The van der Waals surface area contributed by atoms with Crippen molar-refractivity contribution in [3.8, 4) is 0 Å². The highest BCUT2D eigenvalue weighted by Gasteiger charge is 2.36. The molecule has 0 aliphatic carbocycles. The first-order chi connectivity index (χ1) is 10.2. The smallest absolute Gasteiger partial charge is 0.191 e. The zero-order chi connectivity index (χ0) is 17.1. The van der Waals surface area contributed by atoms with Crippen LogP contribution < -0.4 is 0 Å². The van der Waals surface area contributed by atoms with Gasteiger partial charge < -0.3 is 9.53 Å². The Kier molecular flexibility index (Phi) is 11.4. The summed E-state index contributed by atoms with van der Waals surface area (Å²) in [6.07, 6.45) is 13.0. The van der Waals surface area contributed by atoms with Gasteiger partial charge in [0.1, 0.15) is 0 Å². The lowest BCUT2D eigenvalue weighted by atomic mass is 10.1. The molecular weight excluding hydrogens is 288 g/mol. The molecule has 0 aliphatic rings. The minimum atomic E-state index is -1.57. The maximum Gasteiger partial charge on any atom is 0.191 e. The number of unbranched alkanes of at least 4 members (excludes halogenated alkanes) is 5. The highest BCUT2D eigenvalue weighted by molar-refractivity contribution is 6.74. The van der Waals surface area contributed by atoms with Crippen LogP contribution in [-0.4, -0.2) is 26.1 Å². The second-order valence-corrected chi connectivity index (χ2v) is 12.8. The predicted octanol–water partition coefficient (Wildman–Crippen LogP) is 6.07. The lowest BCUT2D eigenvalue weighted by molar-refractivity contribution is 0.207. The van der Waals surface area contributed by atoms with E-state index < -0.39 is 8.32 Å². The molecule has 0 heterocycles. The first-order valence-electron chi connectivity index (χ1n) is 9.19. The normalized spacial score (nSPS) is 14.7. The summed E-state index contributed by atoms with van der Waals surface area (Å²) in [5.41, 5.74) is 0. The topological polar surface area (TPSA) is 29.5 Å². The van der Waals surface area contributed by atoms with Crippen LogP contribution in [0.5, 0.6) is 0 Å². The van der Waals surface area contributed by atoms with Crippen LogP contribution in [0, 0.1) is 0 Å². The Balaban J connectivity index is 3.62. The Morgan fingerprint density at radius 3 is 2.32 bits per heavy atom. The average molecular weight is 329 g/mol. The highest BCUT2D eigenvalue weighted by atomic mass is 28.4. The number of hydrogen-bond acceptors (Lipinski definition) is 2.